The maximum Gasteiger partial charge on any atom is 0.203 e. The van der Waals surface area contributed by atoms with E-state index in [0.717, 1.165) is 12.8 Å². The van der Waals surface area contributed by atoms with Crippen molar-refractivity contribution in [3.8, 4) is 0 Å². The minimum atomic E-state index is -0.194. The molecule has 0 rings (SSSR count). The van der Waals surface area contributed by atoms with E-state index in [1.165, 1.54) is 167 Å². The fourth-order valence-electron chi connectivity index (χ4n) is 4.91. The van der Waals surface area contributed by atoms with Gasteiger partial charge < -0.3 is 0 Å². The van der Waals surface area contributed by atoms with Crippen LogP contribution < -0.4 is 0 Å². The Labute approximate surface area is 208 Å². The molecule has 0 aliphatic rings. The Balaban J connectivity index is 3.01. The van der Waals surface area contributed by atoms with Gasteiger partial charge in [0.05, 0.1) is 0 Å². The van der Waals surface area contributed by atoms with Gasteiger partial charge in [0, 0.05) is 11.3 Å². The lowest BCUT2D eigenvalue weighted by atomic mass is 10.0. The number of nitro groups is 1. The Hall–Kier alpha value is -0.600. The first-order valence-corrected chi connectivity index (χ1v) is 15.4. The van der Waals surface area contributed by atoms with Gasteiger partial charge in [-0.05, 0) is 6.42 Å². The van der Waals surface area contributed by atoms with Crippen LogP contribution in [0, 0.1) is 10.1 Å². The second-order valence-electron chi connectivity index (χ2n) is 10.6. The molecule has 3 heteroatoms. The summed E-state index contributed by atoms with van der Waals surface area (Å²) in [7, 11) is 0. The fourth-order valence-corrected chi connectivity index (χ4v) is 4.91. The molecule has 0 unspecified atom stereocenters. The zero-order chi connectivity index (χ0) is 24.1. The first-order valence-electron chi connectivity index (χ1n) is 15.4. The number of unbranched alkanes of at least 4 members (excludes halogenated alkanes) is 27. The maximum absolute atomic E-state index is 10.3. The van der Waals surface area contributed by atoms with Crippen molar-refractivity contribution in [1.82, 2.24) is 0 Å². The molecule has 0 amide bonds. The van der Waals surface area contributed by atoms with E-state index in [1.807, 2.05) is 0 Å². The summed E-state index contributed by atoms with van der Waals surface area (Å²) in [6.45, 7) is 2.45. The predicted molar refractivity (Wildman–Crippen MR) is 147 cm³/mol. The Kier molecular flexibility index (Phi) is 28.9. The Morgan fingerprint density at radius 1 is 0.364 bits per heavy atom. The average Bonchev–Trinajstić information content (AvgIpc) is 2.80. The Bertz CT molecular complexity index is 372. The van der Waals surface area contributed by atoms with Crippen LogP contribution in [0.25, 0.3) is 0 Å². The van der Waals surface area contributed by atoms with E-state index >= 15 is 0 Å². The van der Waals surface area contributed by atoms with Gasteiger partial charge in [-0.2, -0.15) is 0 Å². The lowest BCUT2D eigenvalue weighted by Crippen LogP contribution is -1.99. The summed E-state index contributed by atoms with van der Waals surface area (Å²) in [5.41, 5.74) is 0. The summed E-state index contributed by atoms with van der Waals surface area (Å²) >= 11 is 0. The molecule has 198 valence electrons. The van der Waals surface area contributed by atoms with Gasteiger partial charge in [0.1, 0.15) is 0 Å². The van der Waals surface area contributed by atoms with Crippen LogP contribution in [0.2, 0.25) is 0 Å². The first-order chi connectivity index (χ1) is 16.3. The number of hydrogen-bond donors (Lipinski definition) is 0. The SMILES string of the molecule is CCCCCCCCCCCCCCCCCCCCCCCCCCCCCC[N+](=O)[O-]. The summed E-state index contributed by atoms with van der Waals surface area (Å²) in [5, 5.41) is 10.3. The van der Waals surface area contributed by atoms with Gasteiger partial charge in [-0.3, -0.25) is 10.1 Å². The molecule has 0 N–H and O–H groups in total. The molecule has 0 aromatic heterocycles. The van der Waals surface area contributed by atoms with Gasteiger partial charge in [-0.25, -0.2) is 0 Å². The van der Waals surface area contributed by atoms with Gasteiger partial charge in [0.15, 0.2) is 0 Å². The molecule has 0 radical (unpaired) electrons. The van der Waals surface area contributed by atoms with E-state index in [4.69, 9.17) is 0 Å². The van der Waals surface area contributed by atoms with Crippen molar-refractivity contribution in [2.24, 2.45) is 0 Å². The van der Waals surface area contributed by atoms with Crippen molar-refractivity contribution in [3.63, 3.8) is 0 Å². The third-order valence-electron chi connectivity index (χ3n) is 7.19. The smallest absolute Gasteiger partial charge is 0.203 e. The zero-order valence-electron chi connectivity index (χ0n) is 22.8. The topological polar surface area (TPSA) is 43.1 Å². The Morgan fingerprint density at radius 2 is 0.545 bits per heavy atom. The number of rotatable bonds is 29. The molecule has 0 aliphatic carbocycles. The van der Waals surface area contributed by atoms with Crippen molar-refractivity contribution < 1.29 is 4.92 Å². The van der Waals surface area contributed by atoms with Crippen LogP contribution in [-0.2, 0) is 0 Å². The molecular weight excluding hydrogens is 406 g/mol. The van der Waals surface area contributed by atoms with Crippen molar-refractivity contribution >= 4 is 0 Å². The van der Waals surface area contributed by atoms with Crippen molar-refractivity contribution in [2.45, 2.75) is 187 Å². The van der Waals surface area contributed by atoms with Gasteiger partial charge in [0.2, 0.25) is 6.54 Å². The molecular formula is C30H61NO2. The normalized spacial score (nSPS) is 11.3. The molecule has 0 heterocycles. The maximum atomic E-state index is 10.3. The van der Waals surface area contributed by atoms with Crippen LogP contribution in [0.3, 0.4) is 0 Å². The molecule has 33 heavy (non-hydrogen) atoms. The standard InChI is InChI=1S/C30H61NO2/c1-2-3-4-5-6-7-8-9-10-11-12-13-14-15-16-17-18-19-20-21-22-23-24-25-26-27-28-29-30-31(32)33/h2-30H2,1H3. The van der Waals surface area contributed by atoms with Crippen molar-refractivity contribution in [3.05, 3.63) is 10.1 Å². The van der Waals surface area contributed by atoms with Crippen LogP contribution in [0.5, 0.6) is 0 Å². The van der Waals surface area contributed by atoms with Crippen LogP contribution in [0.1, 0.15) is 187 Å². The molecule has 0 aromatic rings. The molecule has 3 nitrogen and oxygen atoms in total. The van der Waals surface area contributed by atoms with Gasteiger partial charge in [0.25, 0.3) is 0 Å². The highest BCUT2D eigenvalue weighted by molar-refractivity contribution is 4.52. The first kappa shape index (κ1) is 32.4. The predicted octanol–water partition coefficient (Wildman–Crippen LogP) is 11.2. The van der Waals surface area contributed by atoms with Gasteiger partial charge in [-0.15, -0.1) is 0 Å². The second-order valence-corrected chi connectivity index (χ2v) is 10.6. The second kappa shape index (κ2) is 29.4. The molecule has 0 saturated heterocycles. The largest absolute Gasteiger partial charge is 0.265 e. The highest BCUT2D eigenvalue weighted by Crippen LogP contribution is 2.16. The van der Waals surface area contributed by atoms with E-state index in [0.29, 0.717) is 0 Å². The molecule has 0 atom stereocenters. The molecule has 0 fully saturated rings. The molecule has 0 spiro atoms. The number of nitrogens with zero attached hydrogens (tertiary/aromatic N) is 1. The molecule has 0 saturated carbocycles. The fraction of sp³-hybridized carbons (Fsp3) is 1.00. The third-order valence-corrected chi connectivity index (χ3v) is 7.19. The summed E-state index contributed by atoms with van der Waals surface area (Å²) in [4.78, 5) is 10.1. The Morgan fingerprint density at radius 3 is 0.727 bits per heavy atom. The van der Waals surface area contributed by atoms with Gasteiger partial charge >= 0.3 is 0 Å². The van der Waals surface area contributed by atoms with Crippen LogP contribution >= 0.6 is 0 Å². The highest BCUT2D eigenvalue weighted by atomic mass is 16.6. The van der Waals surface area contributed by atoms with Crippen molar-refractivity contribution in [2.75, 3.05) is 6.54 Å². The molecule has 0 aliphatic heterocycles. The minimum absolute atomic E-state index is 0.152. The highest BCUT2D eigenvalue weighted by Gasteiger charge is 1.98. The lowest BCUT2D eigenvalue weighted by Gasteiger charge is -2.04. The van der Waals surface area contributed by atoms with Crippen LogP contribution in [0.15, 0.2) is 0 Å². The summed E-state index contributed by atoms with van der Waals surface area (Å²) < 4.78 is 0. The quantitative estimate of drug-likeness (QED) is 0.0623. The monoisotopic (exact) mass is 467 g/mol. The zero-order valence-corrected chi connectivity index (χ0v) is 22.8. The average molecular weight is 468 g/mol. The van der Waals surface area contributed by atoms with E-state index in [1.54, 1.807) is 0 Å². The van der Waals surface area contributed by atoms with E-state index in [2.05, 4.69) is 6.92 Å². The van der Waals surface area contributed by atoms with E-state index in [9.17, 15) is 10.1 Å². The van der Waals surface area contributed by atoms with Crippen LogP contribution in [0.4, 0.5) is 0 Å². The van der Waals surface area contributed by atoms with Crippen LogP contribution in [-0.4, -0.2) is 11.5 Å². The van der Waals surface area contributed by atoms with Crippen molar-refractivity contribution in [1.29, 1.82) is 0 Å². The third kappa shape index (κ3) is 31.4. The van der Waals surface area contributed by atoms with Gasteiger partial charge in [-0.1, -0.05) is 174 Å². The number of hydrogen-bond acceptors (Lipinski definition) is 2. The van der Waals surface area contributed by atoms with E-state index in [-0.39, 0.29) is 11.5 Å². The molecule has 0 aromatic carbocycles. The summed E-state index contributed by atoms with van der Waals surface area (Å²) in [5.74, 6) is 0. The minimum Gasteiger partial charge on any atom is -0.265 e. The summed E-state index contributed by atoms with van der Waals surface area (Å²) in [6, 6.07) is 0. The summed E-state index contributed by atoms with van der Waals surface area (Å²) in [6.07, 6.45) is 38.7. The lowest BCUT2D eigenvalue weighted by molar-refractivity contribution is -0.480. The molecule has 0 bridgehead atoms. The van der Waals surface area contributed by atoms with E-state index < -0.39 is 0 Å².